The van der Waals surface area contributed by atoms with Gasteiger partial charge in [-0.1, -0.05) is 86.7 Å². The van der Waals surface area contributed by atoms with Crippen LogP contribution in [0, 0.1) is 0 Å². The molecule has 1 heterocycles. The van der Waals surface area contributed by atoms with Crippen LogP contribution in [0.25, 0.3) is 34.4 Å². The van der Waals surface area contributed by atoms with Gasteiger partial charge in [0.25, 0.3) is 0 Å². The Bertz CT molecular complexity index is 917. The summed E-state index contributed by atoms with van der Waals surface area (Å²) in [6, 6.07) is 19.8. The van der Waals surface area contributed by atoms with Crippen LogP contribution in [-0.2, 0) is 0 Å². The number of rotatable bonds is 6. The molecule has 0 spiro atoms. The van der Waals surface area contributed by atoms with Crippen LogP contribution < -0.4 is 5.43 Å². The van der Waals surface area contributed by atoms with Crippen molar-refractivity contribution in [1.29, 1.82) is 0 Å². The number of aromatic nitrogens is 1. The molecule has 136 valence electrons. The Morgan fingerprint density at radius 2 is 1.11 bits per heavy atom. The Kier molecular flexibility index (Phi) is 6.22. The molecule has 0 saturated heterocycles. The Hall–Kier alpha value is -3.13. The molecule has 0 aliphatic rings. The summed E-state index contributed by atoms with van der Waals surface area (Å²) in [6.45, 7) is 4.18. The predicted octanol–water partition coefficient (Wildman–Crippen LogP) is 6.56. The highest BCUT2D eigenvalue weighted by atomic mass is 16.1. The number of H-pyrrole nitrogens is 1. The predicted molar refractivity (Wildman–Crippen MR) is 117 cm³/mol. The van der Waals surface area contributed by atoms with Gasteiger partial charge in [0.05, 0.1) is 22.5 Å². The van der Waals surface area contributed by atoms with E-state index in [4.69, 9.17) is 0 Å². The van der Waals surface area contributed by atoms with Crippen molar-refractivity contribution < 1.29 is 0 Å². The van der Waals surface area contributed by atoms with Gasteiger partial charge in [0.1, 0.15) is 0 Å². The first kappa shape index (κ1) is 18.7. The maximum Gasteiger partial charge on any atom is 0.198 e. The molecule has 3 aromatic rings. The van der Waals surface area contributed by atoms with Crippen LogP contribution in [0.1, 0.15) is 38.1 Å². The quantitative estimate of drug-likeness (QED) is 0.534. The summed E-state index contributed by atoms with van der Waals surface area (Å²) in [6.07, 6.45) is 10.0. The molecule has 1 N–H and O–H groups in total. The van der Waals surface area contributed by atoms with Gasteiger partial charge in [0.15, 0.2) is 5.43 Å². The van der Waals surface area contributed by atoms with E-state index in [0.717, 1.165) is 35.4 Å². The van der Waals surface area contributed by atoms with Gasteiger partial charge in [-0.3, -0.25) is 4.79 Å². The maximum absolute atomic E-state index is 13.7. The lowest BCUT2D eigenvalue weighted by Gasteiger charge is -2.13. The van der Waals surface area contributed by atoms with Gasteiger partial charge >= 0.3 is 0 Å². The van der Waals surface area contributed by atoms with E-state index >= 15 is 0 Å². The van der Waals surface area contributed by atoms with Crippen molar-refractivity contribution in [2.45, 2.75) is 26.7 Å². The van der Waals surface area contributed by atoms with Crippen molar-refractivity contribution >= 4 is 12.2 Å². The number of nitrogens with one attached hydrogen (secondary N) is 1. The zero-order chi connectivity index (χ0) is 19.1. The maximum atomic E-state index is 13.7. The fraction of sp³-hybridized carbons (Fsp3) is 0.160. The minimum absolute atomic E-state index is 0.0534. The van der Waals surface area contributed by atoms with Gasteiger partial charge in [-0.05, 0) is 36.1 Å². The van der Waals surface area contributed by atoms with Crippen molar-refractivity contribution in [1.82, 2.24) is 4.98 Å². The second-order valence-corrected chi connectivity index (χ2v) is 6.38. The average molecular weight is 355 g/mol. The molecule has 2 nitrogen and oxygen atoms in total. The Morgan fingerprint density at radius 1 is 0.704 bits per heavy atom. The number of hydrogen-bond acceptors (Lipinski definition) is 1. The highest BCUT2D eigenvalue weighted by Crippen LogP contribution is 2.27. The molecule has 0 amide bonds. The number of pyridine rings is 1. The first-order valence-corrected chi connectivity index (χ1v) is 9.50. The molecule has 0 radical (unpaired) electrons. The highest BCUT2D eigenvalue weighted by Gasteiger charge is 2.17. The van der Waals surface area contributed by atoms with Crippen molar-refractivity contribution in [2.75, 3.05) is 0 Å². The lowest BCUT2D eigenvalue weighted by atomic mass is 9.95. The van der Waals surface area contributed by atoms with E-state index in [-0.39, 0.29) is 5.43 Å². The van der Waals surface area contributed by atoms with Crippen molar-refractivity contribution in [3.05, 3.63) is 94.4 Å². The molecular formula is C25H25NO. The summed E-state index contributed by atoms with van der Waals surface area (Å²) in [5.74, 6) is 0. The summed E-state index contributed by atoms with van der Waals surface area (Å²) < 4.78 is 0. The standard InChI is InChI=1S/C25H25NO/c1-3-5-17-21-23(19-13-9-7-10-14-19)25(27)24(20-15-11-8-12-16-20)22(26-21)18-6-4-2/h5-18H,3-4H2,1-2H3,(H,26,27)/b17-5+,18-6+. The fourth-order valence-corrected chi connectivity index (χ4v) is 3.14. The number of allylic oxidation sites excluding steroid dienone is 2. The second kappa shape index (κ2) is 9.00. The van der Waals surface area contributed by atoms with Gasteiger partial charge in [-0.2, -0.15) is 0 Å². The van der Waals surface area contributed by atoms with E-state index in [9.17, 15) is 4.79 Å². The third-order valence-corrected chi connectivity index (χ3v) is 4.43. The topological polar surface area (TPSA) is 32.9 Å². The molecule has 0 aliphatic carbocycles. The zero-order valence-electron chi connectivity index (χ0n) is 15.9. The van der Waals surface area contributed by atoms with Crippen molar-refractivity contribution in [3.63, 3.8) is 0 Å². The highest BCUT2D eigenvalue weighted by molar-refractivity contribution is 5.82. The van der Waals surface area contributed by atoms with E-state index in [2.05, 4.69) is 31.0 Å². The molecule has 2 heteroatoms. The van der Waals surface area contributed by atoms with E-state index in [1.165, 1.54) is 0 Å². The third-order valence-electron chi connectivity index (χ3n) is 4.43. The lowest BCUT2D eigenvalue weighted by molar-refractivity contribution is 1.20. The molecule has 0 unspecified atom stereocenters. The molecule has 1 aromatic heterocycles. The van der Waals surface area contributed by atoms with Crippen LogP contribution in [0.2, 0.25) is 0 Å². The fourth-order valence-electron chi connectivity index (χ4n) is 3.14. The zero-order valence-corrected chi connectivity index (χ0v) is 15.9. The number of hydrogen-bond donors (Lipinski definition) is 1. The summed E-state index contributed by atoms with van der Waals surface area (Å²) in [5.41, 5.74) is 5.04. The second-order valence-electron chi connectivity index (χ2n) is 6.38. The van der Waals surface area contributed by atoms with Crippen LogP contribution in [0.4, 0.5) is 0 Å². The van der Waals surface area contributed by atoms with Crippen LogP contribution in [-0.4, -0.2) is 4.98 Å². The van der Waals surface area contributed by atoms with Crippen molar-refractivity contribution in [2.24, 2.45) is 0 Å². The first-order valence-electron chi connectivity index (χ1n) is 9.50. The third kappa shape index (κ3) is 4.17. The molecular weight excluding hydrogens is 330 g/mol. The normalized spacial score (nSPS) is 11.5. The van der Waals surface area contributed by atoms with Crippen LogP contribution in [0.3, 0.4) is 0 Å². The summed E-state index contributed by atoms with van der Waals surface area (Å²) in [5, 5.41) is 0. The number of benzene rings is 2. The molecule has 2 aromatic carbocycles. The molecule has 3 rings (SSSR count). The summed E-state index contributed by atoms with van der Waals surface area (Å²) >= 11 is 0. The molecule has 0 atom stereocenters. The van der Waals surface area contributed by atoms with E-state index in [1.807, 2.05) is 72.8 Å². The largest absolute Gasteiger partial charge is 0.354 e. The van der Waals surface area contributed by atoms with Crippen molar-refractivity contribution in [3.8, 4) is 22.3 Å². The molecule has 0 aliphatic heterocycles. The number of aromatic amines is 1. The van der Waals surface area contributed by atoms with Gasteiger partial charge in [0.2, 0.25) is 0 Å². The monoisotopic (exact) mass is 355 g/mol. The molecule has 0 saturated carbocycles. The Balaban J connectivity index is 2.37. The van der Waals surface area contributed by atoms with Gasteiger partial charge in [0, 0.05) is 0 Å². The Labute approximate surface area is 160 Å². The lowest BCUT2D eigenvalue weighted by Crippen LogP contribution is -2.14. The molecule has 27 heavy (non-hydrogen) atoms. The minimum Gasteiger partial charge on any atom is -0.354 e. The summed E-state index contributed by atoms with van der Waals surface area (Å²) in [4.78, 5) is 17.2. The van der Waals surface area contributed by atoms with Gasteiger partial charge in [-0.15, -0.1) is 0 Å². The smallest absolute Gasteiger partial charge is 0.198 e. The summed E-state index contributed by atoms with van der Waals surface area (Å²) in [7, 11) is 0. The van der Waals surface area contributed by atoms with Gasteiger partial charge < -0.3 is 4.98 Å². The molecule has 0 bridgehead atoms. The van der Waals surface area contributed by atoms with E-state index in [1.54, 1.807) is 0 Å². The van der Waals surface area contributed by atoms with Crippen LogP contribution in [0.15, 0.2) is 77.6 Å². The minimum atomic E-state index is 0.0534. The van der Waals surface area contributed by atoms with Gasteiger partial charge in [-0.25, -0.2) is 0 Å². The Morgan fingerprint density at radius 3 is 1.48 bits per heavy atom. The van der Waals surface area contributed by atoms with Crippen LogP contribution >= 0.6 is 0 Å². The SMILES string of the molecule is CC/C=C/c1[nH]c(/C=C/CC)c(-c2ccccc2)c(=O)c1-c1ccccc1. The van der Waals surface area contributed by atoms with E-state index < -0.39 is 0 Å². The first-order chi connectivity index (χ1) is 13.3. The molecule has 0 fully saturated rings. The van der Waals surface area contributed by atoms with E-state index in [0.29, 0.717) is 11.1 Å². The average Bonchev–Trinajstić information content (AvgIpc) is 2.71. The van der Waals surface area contributed by atoms with Crippen LogP contribution in [0.5, 0.6) is 0 Å².